The number of nitrogens with zero attached hydrogens (tertiary/aromatic N) is 2. The number of rotatable bonds is 7. The lowest BCUT2D eigenvalue weighted by molar-refractivity contribution is -0.122. The molecule has 0 aromatic carbocycles. The Morgan fingerprint density at radius 3 is 2.75 bits per heavy atom. The molecule has 3 N–H and O–H groups in total. The van der Waals surface area contributed by atoms with Gasteiger partial charge in [0.1, 0.15) is 5.76 Å². The van der Waals surface area contributed by atoms with Gasteiger partial charge in [-0.3, -0.25) is 9.59 Å². The maximum atomic E-state index is 12.2. The van der Waals surface area contributed by atoms with Crippen LogP contribution in [0.5, 0.6) is 0 Å². The van der Waals surface area contributed by atoms with E-state index in [0.29, 0.717) is 17.1 Å². The van der Waals surface area contributed by atoms with Crippen LogP contribution in [0, 0.1) is 0 Å². The molecule has 0 spiro atoms. The summed E-state index contributed by atoms with van der Waals surface area (Å²) in [6.45, 7) is 2.80. The third-order valence-corrected chi connectivity index (χ3v) is 5.41. The number of sulfonamides is 1. The van der Waals surface area contributed by atoms with Crippen molar-refractivity contribution in [2.75, 3.05) is 5.32 Å². The minimum atomic E-state index is -4.03. The fourth-order valence-corrected chi connectivity index (χ4v) is 3.76. The second-order valence-corrected chi connectivity index (χ2v) is 7.56. The topological polar surface area (TPSA) is 143 Å². The summed E-state index contributed by atoms with van der Waals surface area (Å²) in [6, 6.07) is 2.33. The fourth-order valence-electron chi connectivity index (χ4n) is 1.60. The standard InChI is InChI=1S/C12H15N5O5S2/c1-7(10(19)13-6-9-4-3-5-22-9)17-24(20,21)12-16-15-11(23-12)14-8(2)18/h3-5,7,17H,6H2,1-2H3,(H,13,19)(H,14,15,18)/t7-/m0/s1. The predicted molar refractivity (Wildman–Crippen MR) is 84.6 cm³/mol. The van der Waals surface area contributed by atoms with Crippen LogP contribution in [0.25, 0.3) is 0 Å². The molecule has 130 valence electrons. The van der Waals surface area contributed by atoms with Crippen LogP contribution in [0.2, 0.25) is 0 Å². The molecule has 2 aromatic heterocycles. The molecule has 0 saturated carbocycles. The smallest absolute Gasteiger partial charge is 0.270 e. The third-order valence-electron chi connectivity index (χ3n) is 2.66. The number of carbonyl (C=O) groups excluding carboxylic acids is 2. The zero-order chi connectivity index (χ0) is 17.7. The molecule has 1 atom stereocenters. The fraction of sp³-hybridized carbons (Fsp3) is 0.333. The van der Waals surface area contributed by atoms with Crippen LogP contribution in [0.3, 0.4) is 0 Å². The zero-order valence-corrected chi connectivity index (χ0v) is 14.4. The highest BCUT2D eigenvalue weighted by atomic mass is 32.2. The molecule has 2 rings (SSSR count). The maximum Gasteiger partial charge on any atom is 0.270 e. The minimum absolute atomic E-state index is 0.0535. The Morgan fingerprint density at radius 1 is 1.38 bits per heavy atom. The Hall–Kier alpha value is -2.31. The van der Waals surface area contributed by atoms with Crippen LogP contribution in [-0.4, -0.2) is 36.5 Å². The Morgan fingerprint density at radius 2 is 2.12 bits per heavy atom. The van der Waals surface area contributed by atoms with Crippen molar-refractivity contribution in [1.82, 2.24) is 20.2 Å². The first-order chi connectivity index (χ1) is 11.3. The van der Waals surface area contributed by atoms with Gasteiger partial charge in [-0.15, -0.1) is 10.2 Å². The van der Waals surface area contributed by atoms with Crippen molar-refractivity contribution in [3.63, 3.8) is 0 Å². The molecule has 0 aliphatic heterocycles. The molecule has 0 bridgehead atoms. The molecule has 0 aliphatic carbocycles. The Bertz CT molecular complexity index is 815. The lowest BCUT2D eigenvalue weighted by atomic mass is 10.3. The number of amides is 2. The molecule has 0 saturated heterocycles. The van der Waals surface area contributed by atoms with Crippen LogP contribution in [0.15, 0.2) is 27.2 Å². The molecule has 2 aromatic rings. The number of anilines is 1. The number of hydrogen-bond donors (Lipinski definition) is 3. The molecule has 0 fully saturated rings. The van der Waals surface area contributed by atoms with Gasteiger partial charge in [0.15, 0.2) is 0 Å². The van der Waals surface area contributed by atoms with E-state index >= 15 is 0 Å². The van der Waals surface area contributed by atoms with Gasteiger partial charge in [0.2, 0.25) is 21.3 Å². The lowest BCUT2D eigenvalue weighted by Crippen LogP contribution is -2.44. The second kappa shape index (κ2) is 7.51. The maximum absolute atomic E-state index is 12.2. The minimum Gasteiger partial charge on any atom is -0.467 e. The Kier molecular flexibility index (Phi) is 5.64. The van der Waals surface area contributed by atoms with Crippen LogP contribution in [0.1, 0.15) is 19.6 Å². The molecule has 2 amide bonds. The van der Waals surface area contributed by atoms with Crippen molar-refractivity contribution in [3.05, 3.63) is 24.2 Å². The van der Waals surface area contributed by atoms with E-state index in [9.17, 15) is 18.0 Å². The van der Waals surface area contributed by atoms with E-state index in [-0.39, 0.29) is 16.0 Å². The summed E-state index contributed by atoms with van der Waals surface area (Å²) in [6.07, 6.45) is 1.47. The van der Waals surface area contributed by atoms with Crippen LogP contribution in [0.4, 0.5) is 5.13 Å². The van der Waals surface area contributed by atoms with Crippen molar-refractivity contribution < 1.29 is 22.4 Å². The highest BCUT2D eigenvalue weighted by Gasteiger charge is 2.25. The lowest BCUT2D eigenvalue weighted by Gasteiger charge is -2.12. The third kappa shape index (κ3) is 4.84. The van der Waals surface area contributed by atoms with Gasteiger partial charge in [0.05, 0.1) is 18.8 Å². The van der Waals surface area contributed by atoms with Gasteiger partial charge in [-0.25, -0.2) is 8.42 Å². The van der Waals surface area contributed by atoms with Gasteiger partial charge in [-0.05, 0) is 19.1 Å². The average Bonchev–Trinajstić information content (AvgIpc) is 3.15. The molecule has 2 heterocycles. The molecule has 24 heavy (non-hydrogen) atoms. The van der Waals surface area contributed by atoms with Gasteiger partial charge in [-0.2, -0.15) is 4.72 Å². The zero-order valence-electron chi connectivity index (χ0n) is 12.8. The van der Waals surface area contributed by atoms with E-state index in [1.165, 1.54) is 20.1 Å². The van der Waals surface area contributed by atoms with E-state index in [4.69, 9.17) is 4.42 Å². The predicted octanol–water partition coefficient (Wildman–Crippen LogP) is 0.0727. The van der Waals surface area contributed by atoms with Crippen molar-refractivity contribution in [3.8, 4) is 0 Å². The summed E-state index contributed by atoms with van der Waals surface area (Å²) in [4.78, 5) is 22.8. The highest BCUT2D eigenvalue weighted by molar-refractivity contribution is 7.91. The normalized spacial score (nSPS) is 12.6. The van der Waals surface area contributed by atoms with E-state index in [1.807, 2.05) is 0 Å². The first-order valence-electron chi connectivity index (χ1n) is 6.71. The molecule has 10 nitrogen and oxygen atoms in total. The summed E-state index contributed by atoms with van der Waals surface area (Å²) in [5, 5.41) is 12.0. The molecular weight excluding hydrogens is 358 g/mol. The quantitative estimate of drug-likeness (QED) is 0.583. The average molecular weight is 373 g/mol. The second-order valence-electron chi connectivity index (χ2n) is 4.69. The molecule has 0 aliphatic rings. The summed E-state index contributed by atoms with van der Waals surface area (Å²) in [5.41, 5.74) is 0. The van der Waals surface area contributed by atoms with Crippen molar-refractivity contribution >= 4 is 38.3 Å². The Labute approximate surface area is 141 Å². The van der Waals surface area contributed by atoms with Crippen LogP contribution < -0.4 is 15.4 Å². The first-order valence-corrected chi connectivity index (χ1v) is 9.01. The molecule has 12 heteroatoms. The molecular formula is C12H15N5O5S2. The van der Waals surface area contributed by atoms with E-state index in [1.54, 1.807) is 12.1 Å². The van der Waals surface area contributed by atoms with Gasteiger partial charge in [0, 0.05) is 6.92 Å². The van der Waals surface area contributed by atoms with Crippen molar-refractivity contribution in [1.29, 1.82) is 0 Å². The van der Waals surface area contributed by atoms with Crippen molar-refractivity contribution in [2.24, 2.45) is 0 Å². The highest BCUT2D eigenvalue weighted by Crippen LogP contribution is 2.19. The van der Waals surface area contributed by atoms with Gasteiger partial charge < -0.3 is 15.1 Å². The van der Waals surface area contributed by atoms with E-state index < -0.39 is 27.9 Å². The van der Waals surface area contributed by atoms with Crippen LogP contribution in [-0.2, 0) is 26.2 Å². The number of nitrogens with one attached hydrogen (secondary N) is 3. The van der Waals surface area contributed by atoms with Gasteiger partial charge in [-0.1, -0.05) is 11.3 Å². The summed E-state index contributed by atoms with van der Waals surface area (Å²) >= 11 is 0.682. The summed E-state index contributed by atoms with van der Waals surface area (Å²) < 4.78 is 31.2. The van der Waals surface area contributed by atoms with Crippen molar-refractivity contribution in [2.45, 2.75) is 30.8 Å². The van der Waals surface area contributed by atoms with E-state index in [0.717, 1.165) is 0 Å². The van der Waals surface area contributed by atoms with Gasteiger partial charge in [0.25, 0.3) is 10.0 Å². The molecule has 0 unspecified atom stereocenters. The summed E-state index contributed by atoms with van der Waals surface area (Å²) in [7, 11) is -4.03. The number of aromatic nitrogens is 2. The summed E-state index contributed by atoms with van der Waals surface area (Å²) in [5.74, 6) is -0.377. The monoisotopic (exact) mass is 373 g/mol. The number of furan rings is 1. The van der Waals surface area contributed by atoms with Crippen LogP contribution >= 0.6 is 11.3 Å². The molecule has 0 radical (unpaired) electrons. The Balaban J connectivity index is 1.95. The SMILES string of the molecule is CC(=O)Nc1nnc(S(=O)(=O)N[C@@H](C)C(=O)NCc2ccco2)s1. The van der Waals surface area contributed by atoms with E-state index in [2.05, 4.69) is 25.6 Å². The number of hydrogen-bond acceptors (Lipinski definition) is 8. The van der Waals surface area contributed by atoms with Gasteiger partial charge >= 0.3 is 0 Å². The first kappa shape index (κ1) is 18.0. The largest absolute Gasteiger partial charge is 0.467 e. The number of carbonyl (C=O) groups is 2.